The quantitative estimate of drug-likeness (QED) is 0.638. The molecular formula is C12H11N. The largest absolute Gasteiger partial charge is 0.256 e. The van der Waals surface area contributed by atoms with Gasteiger partial charge in [-0.05, 0) is 24.6 Å². The molecule has 0 atom stereocenters. The Bertz CT molecular complexity index is 444. The first-order chi connectivity index (χ1) is 6.40. The molecule has 0 aliphatic carbocycles. The molecule has 1 nitrogen and oxygen atoms in total. The summed E-state index contributed by atoms with van der Waals surface area (Å²) in [5, 5.41) is 1.19. The number of aromatic nitrogens is 1. The average Bonchev–Trinajstić information content (AvgIpc) is 2.18. The molecule has 0 aliphatic heterocycles. The van der Waals surface area contributed by atoms with Crippen LogP contribution in [-0.2, 0) is 0 Å². The standard InChI is InChI=1S/C12H11N/c1-2-5-10-8-11-6-3-4-7-12(11)13-9-10/h2-9H,1H3. The van der Waals surface area contributed by atoms with Crippen molar-refractivity contribution < 1.29 is 0 Å². The number of hydrogen-bond donors (Lipinski definition) is 0. The predicted octanol–water partition coefficient (Wildman–Crippen LogP) is 3.27. The summed E-state index contributed by atoms with van der Waals surface area (Å²) in [6, 6.07) is 10.3. The number of benzene rings is 1. The van der Waals surface area contributed by atoms with Crippen molar-refractivity contribution in [1.82, 2.24) is 4.98 Å². The minimum Gasteiger partial charge on any atom is -0.256 e. The van der Waals surface area contributed by atoms with E-state index in [9.17, 15) is 0 Å². The second-order valence-electron chi connectivity index (χ2n) is 2.96. The highest BCUT2D eigenvalue weighted by molar-refractivity contribution is 5.80. The summed E-state index contributed by atoms with van der Waals surface area (Å²) in [4.78, 5) is 4.35. The summed E-state index contributed by atoms with van der Waals surface area (Å²) >= 11 is 0. The Kier molecular flexibility index (Phi) is 2.09. The first kappa shape index (κ1) is 7.99. The van der Waals surface area contributed by atoms with Gasteiger partial charge in [-0.3, -0.25) is 4.98 Å². The van der Waals surface area contributed by atoms with Gasteiger partial charge in [-0.2, -0.15) is 0 Å². The summed E-state index contributed by atoms with van der Waals surface area (Å²) in [5.74, 6) is 0. The average molecular weight is 169 g/mol. The Morgan fingerprint density at radius 1 is 1.23 bits per heavy atom. The molecule has 0 spiro atoms. The number of fused-ring (bicyclic) bond motifs is 1. The zero-order chi connectivity index (χ0) is 9.10. The lowest BCUT2D eigenvalue weighted by atomic mass is 10.1. The summed E-state index contributed by atoms with van der Waals surface area (Å²) < 4.78 is 0. The minimum atomic E-state index is 1.05. The van der Waals surface area contributed by atoms with E-state index in [0.29, 0.717) is 0 Å². The van der Waals surface area contributed by atoms with Gasteiger partial charge in [0.2, 0.25) is 0 Å². The van der Waals surface area contributed by atoms with Gasteiger partial charge in [0.05, 0.1) is 5.52 Å². The van der Waals surface area contributed by atoms with Crippen LogP contribution < -0.4 is 0 Å². The molecule has 64 valence electrons. The van der Waals surface area contributed by atoms with Crippen LogP contribution >= 0.6 is 0 Å². The molecule has 0 saturated heterocycles. The van der Waals surface area contributed by atoms with E-state index in [1.165, 1.54) is 5.39 Å². The maximum absolute atomic E-state index is 4.35. The molecular weight excluding hydrogens is 158 g/mol. The van der Waals surface area contributed by atoms with Crippen molar-refractivity contribution in [2.45, 2.75) is 6.92 Å². The van der Waals surface area contributed by atoms with E-state index in [1.54, 1.807) is 0 Å². The molecule has 1 aromatic carbocycles. The molecule has 0 unspecified atom stereocenters. The molecule has 0 aliphatic rings. The Labute approximate surface area is 77.7 Å². The van der Waals surface area contributed by atoms with Gasteiger partial charge in [0.25, 0.3) is 0 Å². The van der Waals surface area contributed by atoms with Crippen molar-refractivity contribution >= 4 is 17.0 Å². The normalized spacial score (nSPS) is 11.2. The predicted molar refractivity (Wildman–Crippen MR) is 56.5 cm³/mol. The number of nitrogens with zero attached hydrogens (tertiary/aromatic N) is 1. The van der Waals surface area contributed by atoms with Crippen LogP contribution in [0.5, 0.6) is 0 Å². The van der Waals surface area contributed by atoms with Crippen LogP contribution in [0.4, 0.5) is 0 Å². The van der Waals surface area contributed by atoms with Crippen molar-refractivity contribution in [2.75, 3.05) is 0 Å². The Balaban J connectivity index is 2.62. The monoisotopic (exact) mass is 169 g/mol. The molecule has 0 N–H and O–H groups in total. The van der Waals surface area contributed by atoms with Crippen LogP contribution in [0.3, 0.4) is 0 Å². The molecule has 0 amide bonds. The number of rotatable bonds is 1. The molecule has 0 saturated carbocycles. The van der Waals surface area contributed by atoms with E-state index >= 15 is 0 Å². The van der Waals surface area contributed by atoms with Crippen LogP contribution in [-0.4, -0.2) is 4.98 Å². The van der Waals surface area contributed by atoms with Crippen molar-refractivity contribution in [1.29, 1.82) is 0 Å². The van der Waals surface area contributed by atoms with Crippen LogP contribution in [0.2, 0.25) is 0 Å². The van der Waals surface area contributed by atoms with Crippen molar-refractivity contribution in [3.63, 3.8) is 0 Å². The zero-order valence-corrected chi connectivity index (χ0v) is 7.57. The fourth-order valence-corrected chi connectivity index (χ4v) is 1.37. The zero-order valence-electron chi connectivity index (χ0n) is 7.57. The molecule has 2 aromatic rings. The van der Waals surface area contributed by atoms with Gasteiger partial charge < -0.3 is 0 Å². The second kappa shape index (κ2) is 3.40. The van der Waals surface area contributed by atoms with Gasteiger partial charge in [-0.1, -0.05) is 30.4 Å². The fraction of sp³-hybridized carbons (Fsp3) is 0.0833. The van der Waals surface area contributed by atoms with Gasteiger partial charge in [0.1, 0.15) is 0 Å². The molecule has 2 rings (SSSR count). The lowest BCUT2D eigenvalue weighted by Gasteiger charge is -1.97. The first-order valence-electron chi connectivity index (χ1n) is 4.37. The first-order valence-corrected chi connectivity index (χ1v) is 4.37. The summed E-state index contributed by atoms with van der Waals surface area (Å²) in [6.07, 6.45) is 5.97. The Hall–Kier alpha value is -1.63. The maximum atomic E-state index is 4.35. The molecule has 0 bridgehead atoms. The molecule has 1 heterocycles. The van der Waals surface area contributed by atoms with E-state index < -0.39 is 0 Å². The highest BCUT2D eigenvalue weighted by Crippen LogP contribution is 2.13. The van der Waals surface area contributed by atoms with E-state index in [2.05, 4.69) is 23.2 Å². The number of hydrogen-bond acceptors (Lipinski definition) is 1. The highest BCUT2D eigenvalue weighted by atomic mass is 14.6. The molecule has 0 fully saturated rings. The minimum absolute atomic E-state index is 1.05. The van der Waals surface area contributed by atoms with E-state index in [-0.39, 0.29) is 0 Å². The third-order valence-electron chi connectivity index (χ3n) is 1.97. The third-order valence-corrected chi connectivity index (χ3v) is 1.97. The van der Waals surface area contributed by atoms with Gasteiger partial charge in [-0.15, -0.1) is 0 Å². The second-order valence-corrected chi connectivity index (χ2v) is 2.96. The van der Waals surface area contributed by atoms with Gasteiger partial charge in [-0.25, -0.2) is 0 Å². The lowest BCUT2D eigenvalue weighted by Crippen LogP contribution is -1.79. The van der Waals surface area contributed by atoms with Gasteiger partial charge in [0, 0.05) is 11.6 Å². The van der Waals surface area contributed by atoms with Crippen LogP contribution in [0, 0.1) is 0 Å². The summed E-state index contributed by atoms with van der Waals surface area (Å²) in [5.41, 5.74) is 2.21. The third kappa shape index (κ3) is 1.59. The smallest absolute Gasteiger partial charge is 0.0702 e. The molecule has 0 radical (unpaired) electrons. The van der Waals surface area contributed by atoms with Crippen molar-refractivity contribution in [3.8, 4) is 0 Å². The van der Waals surface area contributed by atoms with Gasteiger partial charge in [0.15, 0.2) is 0 Å². The van der Waals surface area contributed by atoms with Crippen LogP contribution in [0.1, 0.15) is 12.5 Å². The SMILES string of the molecule is CC=Cc1cnc2ccccc2c1. The molecule has 1 aromatic heterocycles. The Morgan fingerprint density at radius 3 is 2.92 bits per heavy atom. The van der Waals surface area contributed by atoms with Gasteiger partial charge >= 0.3 is 0 Å². The molecule has 13 heavy (non-hydrogen) atoms. The van der Waals surface area contributed by atoms with Crippen molar-refractivity contribution in [2.24, 2.45) is 0 Å². The van der Waals surface area contributed by atoms with E-state index in [4.69, 9.17) is 0 Å². The summed E-state index contributed by atoms with van der Waals surface area (Å²) in [7, 11) is 0. The fourth-order valence-electron chi connectivity index (χ4n) is 1.37. The maximum Gasteiger partial charge on any atom is 0.0702 e. The molecule has 1 heteroatoms. The summed E-state index contributed by atoms with van der Waals surface area (Å²) in [6.45, 7) is 2.01. The van der Waals surface area contributed by atoms with E-state index in [0.717, 1.165) is 11.1 Å². The van der Waals surface area contributed by atoms with Crippen molar-refractivity contribution in [3.05, 3.63) is 48.2 Å². The Morgan fingerprint density at radius 2 is 2.08 bits per heavy atom. The lowest BCUT2D eigenvalue weighted by molar-refractivity contribution is 1.40. The number of pyridine rings is 1. The van der Waals surface area contributed by atoms with Crippen LogP contribution in [0.25, 0.3) is 17.0 Å². The van der Waals surface area contributed by atoms with E-state index in [1.807, 2.05) is 37.4 Å². The number of allylic oxidation sites excluding steroid dienone is 1. The topological polar surface area (TPSA) is 12.9 Å². The number of para-hydroxylation sites is 1. The highest BCUT2D eigenvalue weighted by Gasteiger charge is 1.92. The van der Waals surface area contributed by atoms with Crippen LogP contribution in [0.15, 0.2) is 42.6 Å².